The maximum atomic E-state index is 5.78. The summed E-state index contributed by atoms with van der Waals surface area (Å²) in [6, 6.07) is 24.6. The van der Waals surface area contributed by atoms with E-state index in [1.165, 1.54) is 0 Å². The molecule has 0 unspecified atom stereocenters. The van der Waals surface area contributed by atoms with Gasteiger partial charge in [-0.2, -0.15) is 0 Å². The Balaban J connectivity index is 1.40. The minimum Gasteiger partial charge on any atom is -0.491 e. The first-order valence-electron chi connectivity index (χ1n) is 11.9. The Kier molecular flexibility index (Phi) is 8.08. The first kappa shape index (κ1) is 24.0. The first-order valence-corrected chi connectivity index (χ1v) is 11.9. The molecule has 0 aliphatic carbocycles. The smallest absolute Gasteiger partial charge is 0.491 e. The maximum absolute atomic E-state index is 5.78. The van der Waals surface area contributed by atoms with Crippen molar-refractivity contribution in [3.8, 4) is 5.75 Å². The molecule has 1 radical (unpaired) electrons. The van der Waals surface area contributed by atoms with Crippen molar-refractivity contribution < 1.29 is 28.0 Å². The van der Waals surface area contributed by atoms with Crippen LogP contribution in [0.25, 0.3) is 0 Å². The third-order valence-electron chi connectivity index (χ3n) is 5.82. The molecular weight excluding hydrogens is 443 g/mol. The maximum Gasteiger partial charge on any atom is 0.494 e. The fourth-order valence-electron chi connectivity index (χ4n) is 4.13. The van der Waals surface area contributed by atoms with E-state index in [2.05, 4.69) is 65.6 Å². The van der Waals surface area contributed by atoms with Gasteiger partial charge in [0.15, 0.2) is 0 Å². The quantitative estimate of drug-likeness (QED) is 0.334. The van der Waals surface area contributed by atoms with Gasteiger partial charge in [0, 0.05) is 17.1 Å². The lowest BCUT2D eigenvalue weighted by Crippen LogP contribution is -2.32. The molecule has 0 bridgehead atoms. The summed E-state index contributed by atoms with van der Waals surface area (Å²) in [7, 11) is 1.07. The van der Waals surface area contributed by atoms with Gasteiger partial charge in [-0.1, -0.05) is 31.1 Å². The number of rotatable bonds is 10. The van der Waals surface area contributed by atoms with Crippen LogP contribution in [0.2, 0.25) is 6.82 Å². The van der Waals surface area contributed by atoms with Crippen molar-refractivity contribution >= 4 is 49.7 Å². The van der Waals surface area contributed by atoms with Gasteiger partial charge in [-0.05, 0) is 59.5 Å². The minimum absolute atomic E-state index is 0.297. The van der Waals surface area contributed by atoms with E-state index in [1.54, 1.807) is 7.48 Å². The number of hydrogen-bond acceptors (Lipinski definition) is 7. The highest BCUT2D eigenvalue weighted by Gasteiger charge is 2.27. The van der Waals surface area contributed by atoms with Crippen molar-refractivity contribution in [1.29, 1.82) is 0 Å². The molecule has 0 N–H and O–H groups in total. The van der Waals surface area contributed by atoms with Crippen molar-refractivity contribution in [2.75, 3.05) is 44.5 Å². The van der Waals surface area contributed by atoms with Gasteiger partial charge in [-0.25, -0.2) is 0 Å². The standard InChI is InChI=1S/C25H27B3NO6/c1-26-31-15-14-30-25-12-10-24(11-13-25)29(22-6-2-20(3-7-22)27-32-16-17-33-27)23-8-4-21(5-9-23)28-34-18-19-35-28/h2-13H,14-19H2,1H3. The second kappa shape index (κ2) is 11.8. The van der Waals surface area contributed by atoms with Gasteiger partial charge in [-0.15, -0.1) is 0 Å². The zero-order valence-electron chi connectivity index (χ0n) is 19.8. The number of hydrogen-bond donors (Lipinski definition) is 0. The van der Waals surface area contributed by atoms with Crippen LogP contribution >= 0.6 is 0 Å². The fourth-order valence-corrected chi connectivity index (χ4v) is 4.13. The Labute approximate surface area is 207 Å². The highest BCUT2D eigenvalue weighted by atomic mass is 16.6. The third kappa shape index (κ3) is 5.91. The SMILES string of the molecule is C[B]OCCOc1ccc(N(c2ccc(B3OCCO3)cc2)c2ccc(B3OCCO3)cc2)cc1. The summed E-state index contributed by atoms with van der Waals surface area (Å²) < 4.78 is 33.6. The van der Waals surface area contributed by atoms with Crippen LogP contribution < -0.4 is 20.6 Å². The number of anilines is 3. The van der Waals surface area contributed by atoms with Crippen LogP contribution in [-0.2, 0) is 23.3 Å². The van der Waals surface area contributed by atoms with Gasteiger partial charge in [0.05, 0.1) is 33.0 Å². The topological polar surface area (TPSA) is 58.6 Å². The molecule has 35 heavy (non-hydrogen) atoms. The summed E-state index contributed by atoms with van der Waals surface area (Å²) in [5.74, 6) is 0.796. The molecule has 177 valence electrons. The molecule has 0 saturated carbocycles. The molecule has 2 saturated heterocycles. The van der Waals surface area contributed by atoms with Gasteiger partial charge in [0.2, 0.25) is 0 Å². The molecule has 2 heterocycles. The molecule has 0 atom stereocenters. The lowest BCUT2D eigenvalue weighted by molar-refractivity contribution is 0.224. The minimum atomic E-state index is -0.297. The molecule has 0 aromatic heterocycles. The third-order valence-corrected chi connectivity index (χ3v) is 5.82. The summed E-state index contributed by atoms with van der Waals surface area (Å²) in [6.07, 6.45) is 0. The second-order valence-electron chi connectivity index (χ2n) is 8.11. The second-order valence-corrected chi connectivity index (χ2v) is 8.11. The molecule has 10 heteroatoms. The van der Waals surface area contributed by atoms with E-state index in [9.17, 15) is 0 Å². The zero-order chi connectivity index (χ0) is 23.9. The van der Waals surface area contributed by atoms with E-state index >= 15 is 0 Å². The van der Waals surface area contributed by atoms with Crippen molar-refractivity contribution in [3.63, 3.8) is 0 Å². The lowest BCUT2D eigenvalue weighted by Gasteiger charge is -2.26. The largest absolute Gasteiger partial charge is 0.494 e. The van der Waals surface area contributed by atoms with E-state index in [0.29, 0.717) is 39.6 Å². The molecule has 0 spiro atoms. The van der Waals surface area contributed by atoms with Gasteiger partial charge in [0.1, 0.15) is 12.4 Å². The van der Waals surface area contributed by atoms with E-state index < -0.39 is 0 Å². The Morgan fingerprint density at radius 2 is 1.09 bits per heavy atom. The van der Waals surface area contributed by atoms with E-state index in [0.717, 1.165) is 33.7 Å². The zero-order valence-corrected chi connectivity index (χ0v) is 19.8. The number of nitrogens with zero attached hydrogens (tertiary/aromatic N) is 1. The van der Waals surface area contributed by atoms with Crippen LogP contribution in [0.4, 0.5) is 17.1 Å². The average molecular weight is 470 g/mol. The fraction of sp³-hybridized carbons (Fsp3) is 0.280. The van der Waals surface area contributed by atoms with Crippen LogP contribution in [0.3, 0.4) is 0 Å². The van der Waals surface area contributed by atoms with Crippen LogP contribution in [0, 0.1) is 0 Å². The summed E-state index contributed by atoms with van der Waals surface area (Å²) in [4.78, 5) is 2.19. The van der Waals surface area contributed by atoms with Gasteiger partial charge >= 0.3 is 14.2 Å². The summed E-state index contributed by atoms with van der Waals surface area (Å²) in [6.45, 7) is 5.35. The summed E-state index contributed by atoms with van der Waals surface area (Å²) in [5, 5.41) is 0. The Morgan fingerprint density at radius 1 is 0.657 bits per heavy atom. The Bertz CT molecular complexity index is 997. The molecule has 5 rings (SSSR count). The molecule has 2 aliphatic rings. The van der Waals surface area contributed by atoms with Crippen LogP contribution in [0.15, 0.2) is 72.8 Å². The Morgan fingerprint density at radius 3 is 1.51 bits per heavy atom. The van der Waals surface area contributed by atoms with Crippen molar-refractivity contribution in [1.82, 2.24) is 0 Å². The van der Waals surface area contributed by atoms with Crippen molar-refractivity contribution in [3.05, 3.63) is 72.8 Å². The predicted octanol–water partition coefficient (Wildman–Crippen LogP) is 2.70. The predicted molar refractivity (Wildman–Crippen MR) is 139 cm³/mol. The van der Waals surface area contributed by atoms with Crippen molar-refractivity contribution in [2.24, 2.45) is 0 Å². The number of benzene rings is 3. The van der Waals surface area contributed by atoms with Crippen LogP contribution in [0.1, 0.15) is 0 Å². The van der Waals surface area contributed by atoms with Gasteiger partial charge in [-0.3, -0.25) is 0 Å². The molecule has 3 aromatic rings. The number of ether oxygens (including phenoxy) is 1. The lowest BCUT2D eigenvalue weighted by atomic mass is 9.79. The first-order chi connectivity index (χ1) is 17.3. The highest BCUT2D eigenvalue weighted by Crippen LogP contribution is 2.34. The van der Waals surface area contributed by atoms with E-state index in [1.807, 2.05) is 19.0 Å². The van der Waals surface area contributed by atoms with E-state index in [-0.39, 0.29) is 14.2 Å². The summed E-state index contributed by atoms with van der Waals surface area (Å²) in [5.41, 5.74) is 5.07. The monoisotopic (exact) mass is 470 g/mol. The van der Waals surface area contributed by atoms with Gasteiger partial charge < -0.3 is 32.9 Å². The molecule has 7 nitrogen and oxygen atoms in total. The normalized spacial score (nSPS) is 15.5. The highest BCUT2D eigenvalue weighted by molar-refractivity contribution is 6.62. The molecule has 2 aliphatic heterocycles. The average Bonchev–Trinajstić information content (AvgIpc) is 3.64. The van der Waals surface area contributed by atoms with E-state index in [4.69, 9.17) is 28.0 Å². The summed E-state index contributed by atoms with van der Waals surface area (Å²) >= 11 is 0. The van der Waals surface area contributed by atoms with Crippen molar-refractivity contribution in [2.45, 2.75) is 6.82 Å². The van der Waals surface area contributed by atoms with Crippen LogP contribution in [-0.4, -0.2) is 61.4 Å². The molecule has 2 fully saturated rings. The molecular formula is C25H27B3NO6. The molecule has 0 amide bonds. The Hall–Kier alpha value is -2.75. The van der Waals surface area contributed by atoms with Gasteiger partial charge in [0.25, 0.3) is 7.48 Å². The van der Waals surface area contributed by atoms with Crippen LogP contribution in [0.5, 0.6) is 5.75 Å². The molecule has 3 aromatic carbocycles.